The fraction of sp³-hybridized carbons (Fsp3) is 0.300. The Kier molecular flexibility index (Phi) is 9.42. The zero-order chi connectivity index (χ0) is 25.3. The summed E-state index contributed by atoms with van der Waals surface area (Å²) in [6.07, 6.45) is -3.56. The molecule has 0 radical (unpaired) electrons. The quantitative estimate of drug-likeness (QED) is 0.452. The predicted octanol–water partition coefficient (Wildman–Crippen LogP) is 2.19. The van der Waals surface area contributed by atoms with Gasteiger partial charge in [0, 0.05) is 30.8 Å². The number of halogens is 5. The number of nitrogens with zero attached hydrogens (tertiary/aromatic N) is 2. The maximum absolute atomic E-state index is 13.3. The number of rotatable bonds is 11. The molecule has 0 atom stereocenters. The van der Waals surface area contributed by atoms with Crippen molar-refractivity contribution in [2.75, 3.05) is 19.8 Å². The standard InChI is InChI=1S/C20H19ClF4N4O5/c1-12(4-5-26-17(30)9-33-13-2-3-15(21)16(22)6-13)28-18(31)10-34-14-7-19(32)29(27-8-14)11-20(23,24)25/h2-3,6-8H,1,4-5,9-11H2,(H,26,30)(H,28,31). The van der Waals surface area contributed by atoms with Crippen LogP contribution in [0.15, 0.2) is 47.5 Å². The molecule has 2 N–H and O–H groups in total. The first-order valence-corrected chi connectivity index (χ1v) is 9.89. The minimum Gasteiger partial charge on any atom is -0.484 e. The van der Waals surface area contributed by atoms with Crippen molar-refractivity contribution in [1.82, 2.24) is 20.4 Å². The van der Waals surface area contributed by atoms with Crippen LogP contribution in [0.2, 0.25) is 5.02 Å². The van der Waals surface area contributed by atoms with Crippen LogP contribution in [0.3, 0.4) is 0 Å². The van der Waals surface area contributed by atoms with E-state index in [0.29, 0.717) is 0 Å². The fourth-order valence-corrected chi connectivity index (χ4v) is 2.47. The van der Waals surface area contributed by atoms with Gasteiger partial charge in [0.25, 0.3) is 17.4 Å². The monoisotopic (exact) mass is 506 g/mol. The lowest BCUT2D eigenvalue weighted by Crippen LogP contribution is -2.33. The average Bonchev–Trinajstić information content (AvgIpc) is 2.74. The summed E-state index contributed by atoms with van der Waals surface area (Å²) in [4.78, 5) is 35.3. The summed E-state index contributed by atoms with van der Waals surface area (Å²) in [5, 5.41) is 8.18. The molecule has 0 unspecified atom stereocenters. The lowest BCUT2D eigenvalue weighted by molar-refractivity contribution is -0.143. The topological polar surface area (TPSA) is 112 Å². The second kappa shape index (κ2) is 12.0. The largest absolute Gasteiger partial charge is 0.484 e. The van der Waals surface area contributed by atoms with Gasteiger partial charge < -0.3 is 20.1 Å². The Morgan fingerprint density at radius 2 is 1.79 bits per heavy atom. The molecule has 0 spiro atoms. The fourth-order valence-electron chi connectivity index (χ4n) is 2.35. The number of alkyl halides is 3. The average molecular weight is 507 g/mol. The van der Waals surface area contributed by atoms with Crippen LogP contribution in [0.4, 0.5) is 17.6 Å². The van der Waals surface area contributed by atoms with Gasteiger partial charge in [-0.15, -0.1) is 0 Å². The van der Waals surface area contributed by atoms with Gasteiger partial charge in [0.05, 0.1) is 11.2 Å². The molecule has 0 bridgehead atoms. The van der Waals surface area contributed by atoms with E-state index in [0.717, 1.165) is 18.3 Å². The minimum atomic E-state index is -4.61. The molecule has 2 amide bonds. The molecule has 1 aromatic heterocycles. The number of amides is 2. The van der Waals surface area contributed by atoms with E-state index in [9.17, 15) is 31.9 Å². The zero-order valence-electron chi connectivity index (χ0n) is 17.5. The second-order valence-corrected chi connectivity index (χ2v) is 7.11. The van der Waals surface area contributed by atoms with Crippen molar-refractivity contribution in [2.45, 2.75) is 19.1 Å². The van der Waals surface area contributed by atoms with Crippen LogP contribution in [-0.4, -0.2) is 47.5 Å². The summed E-state index contributed by atoms with van der Waals surface area (Å²) in [7, 11) is 0. The number of ether oxygens (including phenoxy) is 2. The Balaban J connectivity index is 1.66. The van der Waals surface area contributed by atoms with Gasteiger partial charge in [0.2, 0.25) is 0 Å². The molecule has 0 aliphatic rings. The number of carbonyl (C=O) groups excluding carboxylic acids is 2. The van der Waals surface area contributed by atoms with Gasteiger partial charge in [-0.05, 0) is 12.1 Å². The second-order valence-electron chi connectivity index (χ2n) is 6.71. The third-order valence-corrected chi connectivity index (χ3v) is 4.18. The van der Waals surface area contributed by atoms with Gasteiger partial charge in [-0.2, -0.15) is 18.3 Å². The predicted molar refractivity (Wildman–Crippen MR) is 112 cm³/mol. The lowest BCUT2D eigenvalue weighted by Gasteiger charge is -2.11. The molecule has 1 aromatic carbocycles. The van der Waals surface area contributed by atoms with Gasteiger partial charge >= 0.3 is 6.18 Å². The summed E-state index contributed by atoms with van der Waals surface area (Å²) >= 11 is 5.55. The third kappa shape index (κ3) is 9.48. The summed E-state index contributed by atoms with van der Waals surface area (Å²) in [6, 6.07) is 4.51. The van der Waals surface area contributed by atoms with E-state index in [1.54, 1.807) is 0 Å². The summed E-state index contributed by atoms with van der Waals surface area (Å²) in [6.45, 7) is 1.26. The summed E-state index contributed by atoms with van der Waals surface area (Å²) in [5.41, 5.74) is -0.797. The molecular formula is C20H19ClF4N4O5. The molecule has 184 valence electrons. The smallest absolute Gasteiger partial charge is 0.408 e. The van der Waals surface area contributed by atoms with Crippen LogP contribution in [0.1, 0.15) is 6.42 Å². The van der Waals surface area contributed by atoms with E-state index < -0.39 is 42.5 Å². The first-order valence-electron chi connectivity index (χ1n) is 9.52. The number of nitrogens with one attached hydrogen (secondary N) is 2. The highest BCUT2D eigenvalue weighted by atomic mass is 35.5. The number of benzene rings is 1. The molecule has 14 heteroatoms. The van der Waals surface area contributed by atoms with Crippen LogP contribution in [-0.2, 0) is 16.1 Å². The van der Waals surface area contributed by atoms with Gasteiger partial charge in [0.1, 0.15) is 23.9 Å². The summed E-state index contributed by atoms with van der Waals surface area (Å²) < 4.78 is 60.7. The Bertz CT molecular complexity index is 1110. The van der Waals surface area contributed by atoms with E-state index in [4.69, 9.17) is 21.1 Å². The van der Waals surface area contributed by atoms with Crippen molar-refractivity contribution in [3.63, 3.8) is 0 Å². The molecule has 0 aliphatic heterocycles. The van der Waals surface area contributed by atoms with E-state index in [1.165, 1.54) is 12.1 Å². The van der Waals surface area contributed by atoms with Crippen LogP contribution >= 0.6 is 11.6 Å². The van der Waals surface area contributed by atoms with Gasteiger partial charge in [0.15, 0.2) is 13.2 Å². The molecule has 0 fully saturated rings. The van der Waals surface area contributed by atoms with Crippen LogP contribution in [0.25, 0.3) is 0 Å². The molecule has 0 saturated heterocycles. The first-order chi connectivity index (χ1) is 15.9. The SMILES string of the molecule is C=C(CCNC(=O)COc1ccc(Cl)c(F)c1)NC(=O)COc1cnn(CC(F)(F)F)c(=O)c1. The van der Waals surface area contributed by atoms with E-state index in [1.807, 2.05) is 0 Å². The highest BCUT2D eigenvalue weighted by Crippen LogP contribution is 2.20. The van der Waals surface area contributed by atoms with Crippen LogP contribution < -0.4 is 25.7 Å². The Morgan fingerprint density at radius 1 is 1.12 bits per heavy atom. The van der Waals surface area contributed by atoms with E-state index in [-0.39, 0.29) is 46.5 Å². The molecule has 9 nitrogen and oxygen atoms in total. The molecule has 2 aromatic rings. The number of hydrogen-bond acceptors (Lipinski definition) is 6. The Morgan fingerprint density at radius 3 is 2.44 bits per heavy atom. The van der Waals surface area contributed by atoms with E-state index >= 15 is 0 Å². The normalized spacial score (nSPS) is 11.0. The van der Waals surface area contributed by atoms with Crippen molar-refractivity contribution in [3.05, 3.63) is 63.9 Å². The van der Waals surface area contributed by atoms with Gasteiger partial charge in [-0.25, -0.2) is 9.07 Å². The molecule has 1 heterocycles. The lowest BCUT2D eigenvalue weighted by atomic mass is 10.3. The van der Waals surface area contributed by atoms with Gasteiger partial charge in [-0.3, -0.25) is 14.4 Å². The third-order valence-electron chi connectivity index (χ3n) is 3.87. The van der Waals surface area contributed by atoms with Crippen molar-refractivity contribution in [2.24, 2.45) is 0 Å². The zero-order valence-corrected chi connectivity index (χ0v) is 18.2. The van der Waals surface area contributed by atoms with E-state index in [2.05, 4.69) is 22.3 Å². The Hall–Kier alpha value is -3.61. The Labute approximate surface area is 195 Å². The van der Waals surface area contributed by atoms with Crippen LogP contribution in [0, 0.1) is 5.82 Å². The number of aromatic nitrogens is 2. The molecule has 34 heavy (non-hydrogen) atoms. The van der Waals surface area contributed by atoms with Crippen molar-refractivity contribution in [3.8, 4) is 11.5 Å². The maximum Gasteiger partial charge on any atom is 0.408 e. The van der Waals surface area contributed by atoms with Crippen molar-refractivity contribution in [1.29, 1.82) is 0 Å². The van der Waals surface area contributed by atoms with Crippen molar-refractivity contribution < 1.29 is 36.6 Å². The highest BCUT2D eigenvalue weighted by Gasteiger charge is 2.29. The summed E-state index contributed by atoms with van der Waals surface area (Å²) in [5.74, 6) is -1.88. The molecule has 2 rings (SSSR count). The van der Waals surface area contributed by atoms with Gasteiger partial charge in [-0.1, -0.05) is 18.2 Å². The maximum atomic E-state index is 13.3. The van der Waals surface area contributed by atoms with Crippen molar-refractivity contribution >= 4 is 23.4 Å². The van der Waals surface area contributed by atoms with Crippen LogP contribution in [0.5, 0.6) is 11.5 Å². The molecule has 0 aliphatic carbocycles. The number of carbonyl (C=O) groups is 2. The molecular weight excluding hydrogens is 488 g/mol. The minimum absolute atomic E-state index is 0.0765. The number of hydrogen-bond donors (Lipinski definition) is 2. The molecule has 0 saturated carbocycles. The first kappa shape index (κ1) is 26.6. The highest BCUT2D eigenvalue weighted by molar-refractivity contribution is 6.30.